The fraction of sp³-hybridized carbons (Fsp3) is 0.500. The van der Waals surface area contributed by atoms with Crippen molar-refractivity contribution in [3.8, 4) is 0 Å². The molecule has 178 valence electrons. The minimum Gasteiger partial charge on any atom is -0.326 e. The molecule has 4 rings (SSSR count). The number of rotatable bonds is 8. The first-order chi connectivity index (χ1) is 15.9. The van der Waals surface area contributed by atoms with Gasteiger partial charge in [-0.05, 0) is 86.5 Å². The summed E-state index contributed by atoms with van der Waals surface area (Å²) >= 11 is 0. The van der Waals surface area contributed by atoms with E-state index in [1.165, 1.54) is 18.4 Å². The Kier molecular flexibility index (Phi) is 7.83. The van der Waals surface area contributed by atoms with Gasteiger partial charge in [0.1, 0.15) is 0 Å². The minimum absolute atomic E-state index is 0.0402. The van der Waals surface area contributed by atoms with E-state index in [0.717, 1.165) is 49.6 Å². The highest BCUT2D eigenvalue weighted by molar-refractivity contribution is 7.89. The maximum absolute atomic E-state index is 12.6. The van der Waals surface area contributed by atoms with Gasteiger partial charge in [0.25, 0.3) is 0 Å². The van der Waals surface area contributed by atoms with Crippen molar-refractivity contribution in [1.29, 1.82) is 0 Å². The minimum atomic E-state index is -3.39. The summed E-state index contributed by atoms with van der Waals surface area (Å²) in [6.45, 7) is 6.80. The van der Waals surface area contributed by atoms with E-state index in [1.54, 1.807) is 16.4 Å². The van der Waals surface area contributed by atoms with Crippen LogP contribution in [0.1, 0.15) is 50.2 Å². The SMILES string of the molecule is CC1CCN(Cc2ccc(NC(=O)CCc3ccc(S(=O)(=O)N4CCCC4)cc3)cc2)CC1. The van der Waals surface area contributed by atoms with Crippen molar-refractivity contribution in [3.05, 3.63) is 59.7 Å². The number of carbonyl (C=O) groups excluding carboxylic acids is 1. The van der Waals surface area contributed by atoms with Crippen LogP contribution >= 0.6 is 0 Å². The quantitative estimate of drug-likeness (QED) is 0.627. The van der Waals surface area contributed by atoms with Gasteiger partial charge in [0.15, 0.2) is 0 Å². The molecule has 2 heterocycles. The fourth-order valence-electron chi connectivity index (χ4n) is 4.56. The number of piperidine rings is 1. The number of sulfonamides is 1. The van der Waals surface area contributed by atoms with E-state index in [0.29, 0.717) is 30.8 Å². The smallest absolute Gasteiger partial charge is 0.243 e. The first-order valence-electron chi connectivity index (χ1n) is 12.1. The number of likely N-dealkylation sites (tertiary alicyclic amines) is 1. The van der Waals surface area contributed by atoms with Crippen molar-refractivity contribution in [1.82, 2.24) is 9.21 Å². The number of hydrogen-bond donors (Lipinski definition) is 1. The molecule has 0 saturated carbocycles. The highest BCUT2D eigenvalue weighted by Gasteiger charge is 2.26. The van der Waals surface area contributed by atoms with Crippen molar-refractivity contribution in [3.63, 3.8) is 0 Å². The molecule has 1 N–H and O–H groups in total. The topological polar surface area (TPSA) is 69.7 Å². The molecule has 2 aromatic rings. The molecule has 0 aliphatic carbocycles. The molecule has 0 unspecified atom stereocenters. The molecule has 2 aliphatic heterocycles. The van der Waals surface area contributed by atoms with Crippen LogP contribution in [0.3, 0.4) is 0 Å². The second-order valence-corrected chi connectivity index (χ2v) is 11.4. The maximum Gasteiger partial charge on any atom is 0.243 e. The Morgan fingerprint density at radius 1 is 0.909 bits per heavy atom. The van der Waals surface area contributed by atoms with Gasteiger partial charge in [-0.15, -0.1) is 0 Å². The van der Waals surface area contributed by atoms with E-state index in [9.17, 15) is 13.2 Å². The summed E-state index contributed by atoms with van der Waals surface area (Å²) in [7, 11) is -3.39. The van der Waals surface area contributed by atoms with Gasteiger partial charge in [0.2, 0.25) is 15.9 Å². The van der Waals surface area contributed by atoms with Gasteiger partial charge in [-0.1, -0.05) is 31.2 Å². The highest BCUT2D eigenvalue weighted by Crippen LogP contribution is 2.22. The van der Waals surface area contributed by atoms with Crippen LogP contribution in [0.25, 0.3) is 0 Å². The molecule has 2 aliphatic rings. The molecule has 1 amide bonds. The lowest BCUT2D eigenvalue weighted by Crippen LogP contribution is -2.32. The van der Waals surface area contributed by atoms with Gasteiger partial charge in [-0.2, -0.15) is 4.31 Å². The molecule has 0 bridgehead atoms. The van der Waals surface area contributed by atoms with E-state index in [-0.39, 0.29) is 5.91 Å². The second kappa shape index (κ2) is 10.8. The average molecular weight is 470 g/mol. The van der Waals surface area contributed by atoms with Gasteiger partial charge in [-0.25, -0.2) is 8.42 Å². The van der Waals surface area contributed by atoms with Crippen LogP contribution in [-0.4, -0.2) is 49.7 Å². The van der Waals surface area contributed by atoms with Crippen LogP contribution in [0.4, 0.5) is 5.69 Å². The third-order valence-corrected chi connectivity index (χ3v) is 8.70. The monoisotopic (exact) mass is 469 g/mol. The number of amides is 1. The van der Waals surface area contributed by atoms with Gasteiger partial charge in [0, 0.05) is 31.7 Å². The molecule has 6 nitrogen and oxygen atoms in total. The number of nitrogens with zero attached hydrogens (tertiary/aromatic N) is 2. The van der Waals surface area contributed by atoms with Gasteiger partial charge < -0.3 is 5.32 Å². The van der Waals surface area contributed by atoms with Crippen molar-refractivity contribution in [2.24, 2.45) is 5.92 Å². The van der Waals surface area contributed by atoms with E-state index in [4.69, 9.17) is 0 Å². The molecular formula is C26H35N3O3S. The Hall–Kier alpha value is -2.22. The molecule has 2 fully saturated rings. The molecule has 2 aromatic carbocycles. The predicted molar refractivity (Wildman–Crippen MR) is 132 cm³/mol. The van der Waals surface area contributed by atoms with Crippen molar-refractivity contribution < 1.29 is 13.2 Å². The van der Waals surface area contributed by atoms with Crippen molar-refractivity contribution in [2.45, 2.75) is 56.9 Å². The van der Waals surface area contributed by atoms with E-state index in [1.807, 2.05) is 24.3 Å². The largest absolute Gasteiger partial charge is 0.326 e. The fourth-order valence-corrected chi connectivity index (χ4v) is 6.08. The van der Waals surface area contributed by atoms with E-state index >= 15 is 0 Å². The average Bonchev–Trinajstić information content (AvgIpc) is 3.37. The number of anilines is 1. The van der Waals surface area contributed by atoms with Gasteiger partial charge >= 0.3 is 0 Å². The van der Waals surface area contributed by atoms with Gasteiger partial charge in [0.05, 0.1) is 4.90 Å². The standard InChI is InChI=1S/C26H35N3O3S/c1-21-14-18-28(19-15-21)20-23-4-9-24(10-5-23)27-26(30)13-8-22-6-11-25(12-7-22)33(31,32)29-16-2-3-17-29/h4-7,9-12,21H,2-3,8,13-20H2,1H3,(H,27,30). The summed E-state index contributed by atoms with van der Waals surface area (Å²) in [5.74, 6) is 0.793. The molecule has 33 heavy (non-hydrogen) atoms. The van der Waals surface area contributed by atoms with Crippen LogP contribution < -0.4 is 5.32 Å². The summed E-state index contributed by atoms with van der Waals surface area (Å²) in [5, 5.41) is 2.97. The Bertz CT molecular complexity index is 1020. The van der Waals surface area contributed by atoms with Crippen molar-refractivity contribution >= 4 is 21.6 Å². The lowest BCUT2D eigenvalue weighted by Gasteiger charge is -2.30. The zero-order chi connectivity index (χ0) is 23.3. The summed E-state index contributed by atoms with van der Waals surface area (Å²) in [6.07, 6.45) is 5.31. The number of aryl methyl sites for hydroxylation is 1. The molecular weight excluding hydrogens is 434 g/mol. The Labute approximate surface area is 198 Å². The summed E-state index contributed by atoms with van der Waals surface area (Å²) < 4.78 is 26.8. The number of benzene rings is 2. The van der Waals surface area contributed by atoms with Gasteiger partial charge in [-0.3, -0.25) is 9.69 Å². The molecule has 0 atom stereocenters. The van der Waals surface area contributed by atoms with Crippen LogP contribution in [0, 0.1) is 5.92 Å². The lowest BCUT2D eigenvalue weighted by atomic mass is 9.99. The predicted octanol–water partition coefficient (Wildman–Crippen LogP) is 4.27. The number of carbonyl (C=O) groups is 1. The Morgan fingerprint density at radius 3 is 2.15 bits per heavy atom. The zero-order valence-corrected chi connectivity index (χ0v) is 20.3. The molecule has 7 heteroatoms. The normalized spacial score (nSPS) is 18.5. The lowest BCUT2D eigenvalue weighted by molar-refractivity contribution is -0.116. The summed E-state index contributed by atoms with van der Waals surface area (Å²) in [5.41, 5.74) is 3.03. The zero-order valence-electron chi connectivity index (χ0n) is 19.5. The van der Waals surface area contributed by atoms with Crippen LogP contribution in [-0.2, 0) is 27.8 Å². The van der Waals surface area contributed by atoms with Crippen LogP contribution in [0.2, 0.25) is 0 Å². The molecule has 0 spiro atoms. The number of hydrogen-bond acceptors (Lipinski definition) is 4. The molecule has 0 aromatic heterocycles. The summed E-state index contributed by atoms with van der Waals surface area (Å²) in [4.78, 5) is 15.2. The highest BCUT2D eigenvalue weighted by atomic mass is 32.2. The first kappa shape index (κ1) is 23.9. The second-order valence-electron chi connectivity index (χ2n) is 9.46. The van der Waals surface area contributed by atoms with E-state index < -0.39 is 10.0 Å². The Balaban J connectivity index is 1.23. The number of nitrogens with one attached hydrogen (secondary N) is 1. The van der Waals surface area contributed by atoms with E-state index in [2.05, 4.69) is 29.3 Å². The van der Waals surface area contributed by atoms with Crippen molar-refractivity contribution in [2.75, 3.05) is 31.5 Å². The Morgan fingerprint density at radius 2 is 1.52 bits per heavy atom. The molecule has 2 saturated heterocycles. The maximum atomic E-state index is 12.6. The summed E-state index contributed by atoms with van der Waals surface area (Å²) in [6, 6.07) is 15.1. The third kappa shape index (κ3) is 6.43. The molecule has 0 radical (unpaired) electrons. The van der Waals surface area contributed by atoms with Crippen LogP contribution in [0.15, 0.2) is 53.4 Å². The first-order valence-corrected chi connectivity index (χ1v) is 13.5. The third-order valence-electron chi connectivity index (χ3n) is 6.79. The van der Waals surface area contributed by atoms with Crippen LogP contribution in [0.5, 0.6) is 0 Å².